The third-order valence-electron chi connectivity index (χ3n) is 5.43. The van der Waals surface area contributed by atoms with E-state index in [4.69, 9.17) is 9.90 Å². The Bertz CT molecular complexity index is 1030. The Morgan fingerprint density at radius 3 is 2.18 bits per heavy atom. The molecule has 3 N–H and O–H groups in total. The second-order valence-electron chi connectivity index (χ2n) is 7.68. The van der Waals surface area contributed by atoms with Crippen LogP contribution >= 0.6 is 0 Å². The Kier molecular flexibility index (Phi) is 10.8. The number of rotatable bonds is 8. The fraction of sp³-hybridized carbons (Fsp3) is 0.458. The van der Waals surface area contributed by atoms with Crippen LogP contribution in [0.2, 0.25) is 0 Å². The van der Waals surface area contributed by atoms with Crippen molar-refractivity contribution in [3.63, 3.8) is 0 Å². The van der Waals surface area contributed by atoms with E-state index in [2.05, 4.69) is 5.32 Å². The van der Waals surface area contributed by atoms with E-state index in [0.717, 1.165) is 25.0 Å². The lowest BCUT2D eigenvalue weighted by Crippen LogP contribution is -2.36. The topological polar surface area (TPSA) is 109 Å². The van der Waals surface area contributed by atoms with Crippen molar-refractivity contribution in [3.05, 3.63) is 62.6 Å². The molecule has 0 aliphatic carbocycles. The highest BCUT2D eigenvalue weighted by molar-refractivity contribution is 5.96. The van der Waals surface area contributed by atoms with E-state index in [0.29, 0.717) is 23.2 Å². The number of hydrogen-bond acceptors (Lipinski definition) is 4. The zero-order valence-electron chi connectivity index (χ0n) is 19.7. The highest BCUT2D eigenvalue weighted by Gasteiger charge is 2.30. The van der Waals surface area contributed by atoms with Crippen LogP contribution in [0.15, 0.2) is 29.1 Å². The summed E-state index contributed by atoms with van der Waals surface area (Å²) in [6.07, 6.45) is -2.12. The number of halogens is 3. The summed E-state index contributed by atoms with van der Waals surface area (Å²) in [6, 6.07) is 4.60. The highest BCUT2D eigenvalue weighted by Crippen LogP contribution is 2.33. The van der Waals surface area contributed by atoms with Crippen LogP contribution in [0.4, 0.5) is 13.2 Å². The molecule has 0 aliphatic heterocycles. The maximum Gasteiger partial charge on any atom is 0.416 e. The Hall–Kier alpha value is -3.30. The Labute approximate surface area is 196 Å². The van der Waals surface area contributed by atoms with E-state index in [1.165, 1.54) is 16.7 Å². The lowest BCUT2D eigenvalue weighted by Gasteiger charge is -2.25. The van der Waals surface area contributed by atoms with Crippen molar-refractivity contribution in [3.8, 4) is 5.75 Å². The minimum Gasteiger partial charge on any atom is -0.507 e. The molecule has 34 heavy (non-hydrogen) atoms. The van der Waals surface area contributed by atoms with Gasteiger partial charge in [-0.1, -0.05) is 32.4 Å². The quantitative estimate of drug-likeness (QED) is 0.472. The lowest BCUT2D eigenvalue weighted by molar-refractivity contribution is -0.137. The largest absolute Gasteiger partial charge is 0.507 e. The molecule has 2 rings (SSSR count). The van der Waals surface area contributed by atoms with Gasteiger partial charge in [0.05, 0.1) is 12.1 Å². The monoisotopic (exact) mass is 484 g/mol. The number of hydrogen-bond donors (Lipinski definition) is 3. The number of aromatic hydroxyl groups is 1. The zero-order chi connectivity index (χ0) is 26.1. The first-order valence-electron chi connectivity index (χ1n) is 11.0. The van der Waals surface area contributed by atoms with Crippen molar-refractivity contribution in [1.29, 1.82) is 0 Å². The normalized spacial score (nSPS) is 11.9. The molecule has 0 spiro atoms. The average Bonchev–Trinajstić information content (AvgIpc) is 2.77. The maximum atomic E-state index is 13.3. The van der Waals surface area contributed by atoms with Crippen LogP contribution < -0.4 is 10.9 Å². The van der Waals surface area contributed by atoms with Crippen molar-refractivity contribution in [1.82, 2.24) is 9.88 Å². The van der Waals surface area contributed by atoms with Crippen molar-refractivity contribution in [2.24, 2.45) is 0 Å². The molecule has 1 atom stereocenters. The van der Waals surface area contributed by atoms with Gasteiger partial charge in [0.25, 0.3) is 17.9 Å². The third kappa shape index (κ3) is 6.85. The van der Waals surface area contributed by atoms with Crippen LogP contribution in [0.1, 0.15) is 78.7 Å². The molecular weight excluding hydrogens is 453 g/mol. The van der Waals surface area contributed by atoms with Gasteiger partial charge in [-0.25, -0.2) is 0 Å². The van der Waals surface area contributed by atoms with E-state index in [1.54, 1.807) is 13.8 Å². The molecule has 1 aromatic carbocycles. The highest BCUT2D eigenvalue weighted by atomic mass is 19.4. The summed E-state index contributed by atoms with van der Waals surface area (Å²) in [5, 5.41) is 20.1. The van der Waals surface area contributed by atoms with E-state index in [1.807, 2.05) is 13.8 Å². The van der Waals surface area contributed by atoms with Crippen molar-refractivity contribution < 1.29 is 33.0 Å². The van der Waals surface area contributed by atoms with Crippen molar-refractivity contribution in [2.45, 2.75) is 65.6 Å². The number of benzene rings is 1. The fourth-order valence-electron chi connectivity index (χ4n) is 3.86. The molecule has 1 unspecified atom stereocenters. The lowest BCUT2D eigenvalue weighted by atomic mass is 9.91. The number of carboxylic acid groups (broad SMARTS) is 1. The molecule has 0 radical (unpaired) electrons. The second-order valence-corrected chi connectivity index (χ2v) is 7.68. The average molecular weight is 485 g/mol. The summed E-state index contributed by atoms with van der Waals surface area (Å²) in [4.78, 5) is 34.1. The fourth-order valence-corrected chi connectivity index (χ4v) is 3.86. The van der Waals surface area contributed by atoms with Gasteiger partial charge in [0, 0.05) is 17.8 Å². The Morgan fingerprint density at radius 1 is 1.18 bits per heavy atom. The molecule has 2 aromatic rings. The summed E-state index contributed by atoms with van der Waals surface area (Å²) in [6.45, 7) is 7.38. The smallest absolute Gasteiger partial charge is 0.416 e. The van der Waals surface area contributed by atoms with Gasteiger partial charge in [0.1, 0.15) is 11.3 Å². The standard InChI is InChI=1S/C23H29F3N2O3.CH2O2/c1-5-8-16(6-2)19-14(4)20(29)18(21(30)27-7-3)22(31)28(19)13-15-9-11-17(12-10-15)23(24,25)26;2-1-3/h9-12,16,29H,5-8,13H2,1-4H3,(H,27,30);1H,(H,2,3). The summed E-state index contributed by atoms with van der Waals surface area (Å²) in [5.41, 5.74) is -0.228. The van der Waals surface area contributed by atoms with Crippen molar-refractivity contribution in [2.75, 3.05) is 6.54 Å². The SMILES string of the molecule is CCCC(CC)c1c(C)c(O)c(C(=O)NCC)c(=O)n1Cc1ccc(C(F)(F)F)cc1.O=CO. The van der Waals surface area contributed by atoms with Crippen LogP contribution in [-0.2, 0) is 17.5 Å². The van der Waals surface area contributed by atoms with Gasteiger partial charge < -0.3 is 20.1 Å². The molecular formula is C24H31F3N2O5. The van der Waals surface area contributed by atoms with Crippen LogP contribution in [0.3, 0.4) is 0 Å². The summed E-state index contributed by atoms with van der Waals surface area (Å²) in [7, 11) is 0. The summed E-state index contributed by atoms with van der Waals surface area (Å²) in [5.74, 6) is -1.06. The minimum atomic E-state index is -4.45. The zero-order valence-corrected chi connectivity index (χ0v) is 19.7. The van der Waals surface area contributed by atoms with Gasteiger partial charge in [0.15, 0.2) is 0 Å². The van der Waals surface area contributed by atoms with E-state index < -0.39 is 23.2 Å². The van der Waals surface area contributed by atoms with Crippen LogP contribution in [0.25, 0.3) is 0 Å². The molecule has 0 bridgehead atoms. The number of nitrogens with one attached hydrogen (secondary N) is 1. The third-order valence-corrected chi connectivity index (χ3v) is 5.43. The van der Waals surface area contributed by atoms with Gasteiger partial charge in [-0.15, -0.1) is 0 Å². The van der Waals surface area contributed by atoms with Gasteiger partial charge in [-0.05, 0) is 50.3 Å². The van der Waals surface area contributed by atoms with Crippen LogP contribution in [0, 0.1) is 6.92 Å². The van der Waals surface area contributed by atoms with Gasteiger partial charge in [-0.3, -0.25) is 14.4 Å². The molecule has 0 aliphatic rings. The number of carbonyl (C=O) groups excluding carboxylic acids is 1. The first kappa shape index (κ1) is 28.7. The molecule has 1 heterocycles. The van der Waals surface area contributed by atoms with Gasteiger partial charge in [0.2, 0.25) is 0 Å². The van der Waals surface area contributed by atoms with Gasteiger partial charge in [-0.2, -0.15) is 13.2 Å². The number of alkyl halides is 3. The summed E-state index contributed by atoms with van der Waals surface area (Å²) < 4.78 is 40.1. The number of carbonyl (C=O) groups is 2. The number of amides is 1. The first-order valence-corrected chi connectivity index (χ1v) is 11.0. The van der Waals surface area contributed by atoms with E-state index in [9.17, 15) is 27.9 Å². The Balaban J connectivity index is 0.00000182. The molecule has 1 aromatic heterocycles. The number of aromatic nitrogens is 1. The van der Waals surface area contributed by atoms with Crippen LogP contribution in [0.5, 0.6) is 5.75 Å². The maximum absolute atomic E-state index is 13.3. The number of pyridine rings is 1. The molecule has 188 valence electrons. The predicted molar refractivity (Wildman–Crippen MR) is 122 cm³/mol. The molecule has 0 saturated heterocycles. The van der Waals surface area contributed by atoms with Crippen LogP contribution in [-0.4, -0.2) is 33.7 Å². The predicted octanol–water partition coefficient (Wildman–Crippen LogP) is 4.67. The number of nitrogens with zero attached hydrogens (tertiary/aromatic N) is 1. The van der Waals surface area contributed by atoms with Crippen molar-refractivity contribution >= 4 is 12.4 Å². The van der Waals surface area contributed by atoms with E-state index in [-0.39, 0.29) is 36.8 Å². The molecule has 10 heteroatoms. The molecule has 7 nitrogen and oxygen atoms in total. The van der Waals surface area contributed by atoms with Gasteiger partial charge >= 0.3 is 6.18 Å². The Morgan fingerprint density at radius 2 is 1.74 bits per heavy atom. The summed E-state index contributed by atoms with van der Waals surface area (Å²) >= 11 is 0. The second kappa shape index (κ2) is 12.8. The first-order chi connectivity index (χ1) is 16.0. The molecule has 1 amide bonds. The molecule has 0 saturated carbocycles. The van der Waals surface area contributed by atoms with E-state index >= 15 is 0 Å². The molecule has 0 fully saturated rings. The minimum absolute atomic E-state index is 0.0000428.